The van der Waals surface area contributed by atoms with Crippen LogP contribution in [0.3, 0.4) is 0 Å². The third-order valence-corrected chi connectivity index (χ3v) is 3.25. The third kappa shape index (κ3) is 15.9. The molecular formula is C14H29BO3-2. The number of hydrogen-bond acceptors (Lipinski definition) is 3. The predicted octanol–water partition coefficient (Wildman–Crippen LogP) is 2.41. The molecule has 0 atom stereocenters. The molecule has 0 unspecified atom stereocenters. The van der Waals surface area contributed by atoms with Gasteiger partial charge in [-0.3, -0.25) is 0 Å². The van der Waals surface area contributed by atoms with Crippen LogP contribution in [0.5, 0.6) is 0 Å². The molecule has 0 aromatic carbocycles. The van der Waals surface area contributed by atoms with E-state index >= 15 is 0 Å². The molecule has 0 saturated heterocycles. The van der Waals surface area contributed by atoms with Gasteiger partial charge in [0.15, 0.2) is 0 Å². The fraction of sp³-hybridized carbons (Fsp3) is 1.00. The molecule has 0 spiro atoms. The van der Waals surface area contributed by atoms with E-state index in [1.807, 2.05) is 0 Å². The molecule has 0 heterocycles. The zero-order chi connectivity index (χ0) is 13.5. The van der Waals surface area contributed by atoms with Gasteiger partial charge in [-0.05, 0) is 6.42 Å². The minimum Gasteiger partial charge on any atom is -0.871 e. The smallest absolute Gasteiger partial charge is 0.0604 e. The molecule has 0 N–H and O–H groups in total. The first-order valence-electron chi connectivity index (χ1n) is 7.70. The maximum atomic E-state index is 10.1. The molecule has 3 nitrogen and oxygen atoms in total. The number of unbranched alkanes of at least 4 members (excludes halogenated alkanes) is 11. The Hall–Kier alpha value is -0.0551. The number of rotatable bonds is 14. The maximum absolute atomic E-state index is 10.1. The summed E-state index contributed by atoms with van der Waals surface area (Å²) >= 11 is 0. The fourth-order valence-electron chi connectivity index (χ4n) is 2.12. The normalized spacial score (nSPS) is 10.8. The molecule has 108 valence electrons. The molecule has 4 heteroatoms. The van der Waals surface area contributed by atoms with Crippen LogP contribution < -0.4 is 10.0 Å². The predicted molar refractivity (Wildman–Crippen MR) is 72.8 cm³/mol. The Balaban J connectivity index is 2.90. The van der Waals surface area contributed by atoms with Crippen LogP contribution >= 0.6 is 0 Å². The molecular weight excluding hydrogens is 227 g/mol. The zero-order valence-electron chi connectivity index (χ0n) is 12.0. The maximum Gasteiger partial charge on any atom is 0.0604 e. The van der Waals surface area contributed by atoms with Crippen LogP contribution in [0.1, 0.15) is 84.0 Å². The van der Waals surface area contributed by atoms with Crippen LogP contribution in [0.2, 0.25) is 0 Å². The Morgan fingerprint density at radius 1 is 0.667 bits per heavy atom. The van der Waals surface area contributed by atoms with Crippen LogP contribution in [-0.2, 0) is 4.65 Å². The van der Waals surface area contributed by atoms with Gasteiger partial charge >= 0.3 is 0 Å². The quantitative estimate of drug-likeness (QED) is 0.354. The molecule has 0 radical (unpaired) electrons. The molecule has 0 amide bonds. The highest BCUT2D eigenvalue weighted by atomic mass is 16.6. The van der Waals surface area contributed by atoms with E-state index in [-0.39, 0.29) is 0 Å². The molecule has 0 aromatic heterocycles. The first-order chi connectivity index (χ1) is 8.77. The summed E-state index contributed by atoms with van der Waals surface area (Å²) in [4.78, 5) is 0. The highest BCUT2D eigenvalue weighted by Gasteiger charge is 1.93. The van der Waals surface area contributed by atoms with Gasteiger partial charge in [0.1, 0.15) is 0 Å². The highest BCUT2D eigenvalue weighted by Crippen LogP contribution is 2.11. The van der Waals surface area contributed by atoms with Crippen LogP contribution in [0.25, 0.3) is 0 Å². The van der Waals surface area contributed by atoms with E-state index in [9.17, 15) is 10.0 Å². The van der Waals surface area contributed by atoms with Gasteiger partial charge in [0.25, 0.3) is 0 Å². The summed E-state index contributed by atoms with van der Waals surface area (Å²) in [5.74, 6) is 0. The van der Waals surface area contributed by atoms with E-state index in [0.29, 0.717) is 6.61 Å². The van der Waals surface area contributed by atoms with Gasteiger partial charge in [-0.25, -0.2) is 0 Å². The van der Waals surface area contributed by atoms with Gasteiger partial charge in [-0.1, -0.05) is 77.6 Å². The fourth-order valence-corrected chi connectivity index (χ4v) is 2.12. The summed E-state index contributed by atoms with van der Waals surface area (Å²) in [7, 11) is -2.10. The Morgan fingerprint density at radius 2 is 1.06 bits per heavy atom. The molecule has 0 saturated carbocycles. The van der Waals surface area contributed by atoms with Crippen molar-refractivity contribution in [1.82, 2.24) is 0 Å². The van der Waals surface area contributed by atoms with E-state index in [4.69, 9.17) is 0 Å². The lowest BCUT2D eigenvalue weighted by Crippen LogP contribution is -2.47. The van der Waals surface area contributed by atoms with E-state index in [2.05, 4.69) is 11.6 Å². The first kappa shape index (κ1) is 17.9. The SMILES string of the molecule is CCCCCCCCCCCCCCOB([O-])[O-]. The topological polar surface area (TPSA) is 55.3 Å². The van der Waals surface area contributed by atoms with Crippen molar-refractivity contribution in [3.8, 4) is 0 Å². The Bertz CT molecular complexity index is 154. The Labute approximate surface area is 113 Å². The molecule has 0 aliphatic heterocycles. The van der Waals surface area contributed by atoms with Gasteiger partial charge < -0.3 is 14.7 Å². The van der Waals surface area contributed by atoms with E-state index < -0.39 is 7.32 Å². The summed E-state index contributed by atoms with van der Waals surface area (Å²) in [6.07, 6.45) is 15.3. The Morgan fingerprint density at radius 3 is 1.44 bits per heavy atom. The first-order valence-corrected chi connectivity index (χ1v) is 7.70. The van der Waals surface area contributed by atoms with Crippen LogP contribution in [0.15, 0.2) is 0 Å². The largest absolute Gasteiger partial charge is 0.871 e. The van der Waals surface area contributed by atoms with Crippen molar-refractivity contribution < 1.29 is 14.7 Å². The summed E-state index contributed by atoms with van der Waals surface area (Å²) in [6, 6.07) is 0. The molecule has 0 aromatic rings. The van der Waals surface area contributed by atoms with Gasteiger partial charge in [0, 0.05) is 6.61 Å². The van der Waals surface area contributed by atoms with Gasteiger partial charge in [0.05, 0.1) is 7.32 Å². The van der Waals surface area contributed by atoms with Crippen molar-refractivity contribution in [2.45, 2.75) is 84.0 Å². The summed E-state index contributed by atoms with van der Waals surface area (Å²) in [5, 5.41) is 20.1. The van der Waals surface area contributed by atoms with Crippen molar-refractivity contribution in [2.75, 3.05) is 6.61 Å². The van der Waals surface area contributed by atoms with E-state index in [1.54, 1.807) is 0 Å². The van der Waals surface area contributed by atoms with Gasteiger partial charge in [-0.2, -0.15) is 0 Å². The molecule has 0 rings (SSSR count). The van der Waals surface area contributed by atoms with Crippen LogP contribution in [0.4, 0.5) is 0 Å². The highest BCUT2D eigenvalue weighted by molar-refractivity contribution is 6.28. The minimum absolute atomic E-state index is 0.328. The lowest BCUT2D eigenvalue weighted by atomic mass is 10.1. The lowest BCUT2D eigenvalue weighted by molar-refractivity contribution is -0.381. The van der Waals surface area contributed by atoms with Gasteiger partial charge in [-0.15, -0.1) is 0 Å². The van der Waals surface area contributed by atoms with Crippen molar-refractivity contribution in [3.63, 3.8) is 0 Å². The standard InChI is InChI=1S/C14H29BO3/c1-2-3-4-5-6-7-8-9-10-11-12-13-14-18-15(16)17/h2-14H2,1H3/q-2. The van der Waals surface area contributed by atoms with Crippen molar-refractivity contribution in [2.24, 2.45) is 0 Å². The molecule has 0 bridgehead atoms. The second-order valence-corrected chi connectivity index (χ2v) is 5.05. The van der Waals surface area contributed by atoms with Crippen molar-refractivity contribution in [1.29, 1.82) is 0 Å². The molecule has 0 fully saturated rings. The number of hydrogen-bond donors (Lipinski definition) is 0. The van der Waals surface area contributed by atoms with Gasteiger partial charge in [0.2, 0.25) is 0 Å². The lowest BCUT2D eigenvalue weighted by Gasteiger charge is -2.25. The summed E-state index contributed by atoms with van der Waals surface area (Å²) in [5.41, 5.74) is 0. The summed E-state index contributed by atoms with van der Waals surface area (Å²) < 4.78 is 4.42. The average Bonchev–Trinajstić information content (AvgIpc) is 2.34. The van der Waals surface area contributed by atoms with Crippen LogP contribution in [-0.4, -0.2) is 13.9 Å². The third-order valence-electron chi connectivity index (χ3n) is 3.25. The molecule has 0 aliphatic carbocycles. The monoisotopic (exact) mass is 256 g/mol. The van der Waals surface area contributed by atoms with Crippen LogP contribution in [0, 0.1) is 0 Å². The zero-order valence-corrected chi connectivity index (χ0v) is 12.0. The van der Waals surface area contributed by atoms with E-state index in [0.717, 1.165) is 12.8 Å². The van der Waals surface area contributed by atoms with Crippen molar-refractivity contribution >= 4 is 7.32 Å². The minimum atomic E-state index is -2.10. The summed E-state index contributed by atoms with van der Waals surface area (Å²) in [6.45, 7) is 2.58. The second kappa shape index (κ2) is 15.0. The second-order valence-electron chi connectivity index (χ2n) is 5.05. The Kier molecular flexibility index (Phi) is 15.0. The average molecular weight is 256 g/mol. The van der Waals surface area contributed by atoms with Crippen molar-refractivity contribution in [3.05, 3.63) is 0 Å². The van der Waals surface area contributed by atoms with E-state index in [1.165, 1.54) is 64.2 Å². The molecule has 0 aliphatic rings. The molecule has 18 heavy (non-hydrogen) atoms.